The molecule has 6 heteroatoms. The predicted octanol–water partition coefficient (Wildman–Crippen LogP) is 1.88. The van der Waals surface area contributed by atoms with Crippen LogP contribution in [0.1, 0.15) is 40.4 Å². The smallest absolute Gasteiger partial charge is 0.255 e. The van der Waals surface area contributed by atoms with Gasteiger partial charge in [-0.25, -0.2) is 4.98 Å². The number of rotatable bonds is 3. The van der Waals surface area contributed by atoms with Crippen molar-refractivity contribution in [3.8, 4) is 0 Å². The topological polar surface area (TPSA) is 54.3 Å². The first-order chi connectivity index (χ1) is 12.2. The molecule has 132 valence electrons. The molecule has 0 bridgehead atoms. The van der Waals surface area contributed by atoms with Crippen molar-refractivity contribution in [1.82, 2.24) is 24.3 Å². The van der Waals surface area contributed by atoms with Crippen LogP contribution in [0, 0.1) is 6.92 Å². The Balaban J connectivity index is 1.45. The van der Waals surface area contributed by atoms with Crippen LogP contribution >= 0.6 is 0 Å². The number of aromatic nitrogens is 3. The fourth-order valence-electron chi connectivity index (χ4n) is 3.77. The van der Waals surface area contributed by atoms with E-state index in [4.69, 9.17) is 0 Å². The molecule has 0 unspecified atom stereocenters. The molecule has 2 aliphatic rings. The van der Waals surface area contributed by atoms with Crippen LogP contribution in [0.5, 0.6) is 0 Å². The molecule has 0 N–H and O–H groups in total. The monoisotopic (exact) mass is 339 g/mol. The van der Waals surface area contributed by atoms with Crippen LogP contribution < -0.4 is 0 Å². The number of amides is 1. The minimum atomic E-state index is 0.0688. The van der Waals surface area contributed by atoms with E-state index >= 15 is 0 Å². The van der Waals surface area contributed by atoms with Crippen LogP contribution in [0.15, 0.2) is 24.5 Å². The number of pyridine rings is 1. The van der Waals surface area contributed by atoms with Crippen molar-refractivity contribution < 1.29 is 4.79 Å². The maximum Gasteiger partial charge on any atom is 0.255 e. The first-order valence-corrected chi connectivity index (χ1v) is 9.18. The summed E-state index contributed by atoms with van der Waals surface area (Å²) >= 11 is 0. The molecule has 0 radical (unpaired) electrons. The Bertz CT molecular complexity index is 746. The molecular weight excluding hydrogens is 314 g/mol. The van der Waals surface area contributed by atoms with E-state index in [-0.39, 0.29) is 5.91 Å². The zero-order valence-corrected chi connectivity index (χ0v) is 14.8. The van der Waals surface area contributed by atoms with Crippen molar-refractivity contribution in [2.24, 2.45) is 0 Å². The third kappa shape index (κ3) is 3.44. The number of carbonyl (C=O) groups is 1. The van der Waals surface area contributed by atoms with Crippen LogP contribution in [0.4, 0.5) is 0 Å². The number of aryl methyl sites for hydroxylation is 1. The summed E-state index contributed by atoms with van der Waals surface area (Å²) in [5, 5.41) is 0. The van der Waals surface area contributed by atoms with E-state index in [9.17, 15) is 4.79 Å². The third-order valence-corrected chi connectivity index (χ3v) is 5.25. The highest BCUT2D eigenvalue weighted by atomic mass is 16.2. The summed E-state index contributed by atoms with van der Waals surface area (Å²) in [7, 11) is 0. The minimum absolute atomic E-state index is 0.0688. The lowest BCUT2D eigenvalue weighted by atomic mass is 10.2. The van der Waals surface area contributed by atoms with Crippen LogP contribution in [0.25, 0.3) is 0 Å². The van der Waals surface area contributed by atoms with Gasteiger partial charge in [0.15, 0.2) is 0 Å². The standard InChI is InChI=1S/C19H25N5O/c1-15-4-5-16(12-20-15)19(25)23-9-6-18-21-13-17(24(18)11-10-23)14-22-7-2-3-8-22/h4-5,12-13H,2-3,6-11,14H2,1H3. The molecule has 2 aromatic rings. The normalized spacial score (nSPS) is 18.2. The molecule has 4 heterocycles. The van der Waals surface area contributed by atoms with E-state index in [1.54, 1.807) is 6.20 Å². The van der Waals surface area contributed by atoms with Crippen molar-refractivity contribution in [1.29, 1.82) is 0 Å². The summed E-state index contributed by atoms with van der Waals surface area (Å²) < 4.78 is 2.32. The number of likely N-dealkylation sites (tertiary alicyclic amines) is 1. The van der Waals surface area contributed by atoms with Gasteiger partial charge in [-0.2, -0.15) is 0 Å². The molecule has 2 aromatic heterocycles. The number of nitrogens with zero attached hydrogens (tertiary/aromatic N) is 5. The molecule has 6 nitrogen and oxygen atoms in total. The zero-order chi connectivity index (χ0) is 17.2. The molecule has 1 saturated heterocycles. The van der Waals surface area contributed by atoms with E-state index in [0.717, 1.165) is 37.6 Å². The quantitative estimate of drug-likeness (QED) is 0.857. The minimum Gasteiger partial charge on any atom is -0.336 e. The van der Waals surface area contributed by atoms with Crippen LogP contribution in [-0.2, 0) is 19.5 Å². The Morgan fingerprint density at radius 3 is 2.64 bits per heavy atom. The Labute approximate surface area is 148 Å². The van der Waals surface area contributed by atoms with Crippen molar-refractivity contribution >= 4 is 5.91 Å². The molecule has 25 heavy (non-hydrogen) atoms. The van der Waals surface area contributed by atoms with Crippen LogP contribution in [-0.4, -0.2) is 56.4 Å². The summed E-state index contributed by atoms with van der Waals surface area (Å²) in [5.41, 5.74) is 2.88. The lowest BCUT2D eigenvalue weighted by Crippen LogP contribution is -2.34. The van der Waals surface area contributed by atoms with Gasteiger partial charge in [0.05, 0.1) is 11.3 Å². The lowest BCUT2D eigenvalue weighted by molar-refractivity contribution is 0.0758. The zero-order valence-electron chi connectivity index (χ0n) is 14.8. The number of fused-ring (bicyclic) bond motifs is 1. The van der Waals surface area contributed by atoms with Crippen LogP contribution in [0.2, 0.25) is 0 Å². The molecule has 4 rings (SSSR count). The maximum atomic E-state index is 12.7. The Hall–Kier alpha value is -2.21. The predicted molar refractivity (Wildman–Crippen MR) is 95.3 cm³/mol. The number of hydrogen-bond donors (Lipinski definition) is 0. The van der Waals surface area contributed by atoms with Gasteiger partial charge in [-0.15, -0.1) is 0 Å². The summed E-state index contributed by atoms with van der Waals surface area (Å²) in [5.74, 6) is 1.17. The van der Waals surface area contributed by atoms with Gasteiger partial charge in [-0.05, 0) is 45.0 Å². The molecule has 2 aliphatic heterocycles. The fraction of sp³-hybridized carbons (Fsp3) is 0.526. The second-order valence-corrected chi connectivity index (χ2v) is 7.03. The van der Waals surface area contributed by atoms with Gasteiger partial charge in [0.1, 0.15) is 5.82 Å². The molecule has 0 spiro atoms. The molecular formula is C19H25N5O. The number of hydrogen-bond acceptors (Lipinski definition) is 4. The molecule has 1 amide bonds. The van der Waals surface area contributed by atoms with E-state index in [1.165, 1.54) is 31.6 Å². The third-order valence-electron chi connectivity index (χ3n) is 5.25. The van der Waals surface area contributed by atoms with Crippen molar-refractivity contribution in [2.75, 3.05) is 26.2 Å². The molecule has 0 atom stereocenters. The maximum absolute atomic E-state index is 12.7. The summed E-state index contributed by atoms with van der Waals surface area (Å²) in [6.07, 6.45) is 7.11. The summed E-state index contributed by atoms with van der Waals surface area (Å²) in [6, 6.07) is 3.76. The summed E-state index contributed by atoms with van der Waals surface area (Å²) in [4.78, 5) is 26.0. The van der Waals surface area contributed by atoms with E-state index in [2.05, 4.69) is 19.4 Å². The molecule has 0 aromatic carbocycles. The molecule has 0 saturated carbocycles. The van der Waals surface area contributed by atoms with Gasteiger partial charge in [0.25, 0.3) is 5.91 Å². The lowest BCUT2D eigenvalue weighted by Gasteiger charge is -2.20. The Morgan fingerprint density at radius 2 is 1.88 bits per heavy atom. The average molecular weight is 339 g/mol. The van der Waals surface area contributed by atoms with Crippen molar-refractivity contribution in [2.45, 2.75) is 39.3 Å². The van der Waals surface area contributed by atoms with Gasteiger partial charge in [-0.3, -0.25) is 14.7 Å². The fourth-order valence-corrected chi connectivity index (χ4v) is 3.77. The second kappa shape index (κ2) is 6.96. The first-order valence-electron chi connectivity index (χ1n) is 9.18. The number of imidazole rings is 1. The SMILES string of the molecule is Cc1ccc(C(=O)N2CCc3ncc(CN4CCCC4)n3CC2)cn1. The van der Waals surface area contributed by atoms with E-state index < -0.39 is 0 Å². The average Bonchev–Trinajstić information content (AvgIpc) is 3.21. The van der Waals surface area contributed by atoms with Crippen molar-refractivity contribution in [3.63, 3.8) is 0 Å². The van der Waals surface area contributed by atoms with Crippen LogP contribution in [0.3, 0.4) is 0 Å². The first kappa shape index (κ1) is 16.3. The largest absolute Gasteiger partial charge is 0.336 e. The Kier molecular flexibility index (Phi) is 4.53. The number of carbonyl (C=O) groups excluding carboxylic acids is 1. The highest BCUT2D eigenvalue weighted by Crippen LogP contribution is 2.17. The van der Waals surface area contributed by atoms with Crippen molar-refractivity contribution in [3.05, 3.63) is 47.3 Å². The van der Waals surface area contributed by atoms with Gasteiger partial charge in [0.2, 0.25) is 0 Å². The highest BCUT2D eigenvalue weighted by Gasteiger charge is 2.23. The van der Waals surface area contributed by atoms with Gasteiger partial charge in [0, 0.05) is 50.7 Å². The van der Waals surface area contributed by atoms with Gasteiger partial charge >= 0.3 is 0 Å². The molecule has 0 aliphatic carbocycles. The van der Waals surface area contributed by atoms with Gasteiger partial charge < -0.3 is 9.47 Å². The summed E-state index contributed by atoms with van der Waals surface area (Å²) in [6.45, 7) is 7.54. The highest BCUT2D eigenvalue weighted by molar-refractivity contribution is 5.93. The Morgan fingerprint density at radius 1 is 1.04 bits per heavy atom. The molecule has 1 fully saturated rings. The second-order valence-electron chi connectivity index (χ2n) is 7.03. The van der Waals surface area contributed by atoms with E-state index in [1.807, 2.05) is 30.2 Å². The van der Waals surface area contributed by atoms with Gasteiger partial charge in [-0.1, -0.05) is 0 Å². The van der Waals surface area contributed by atoms with E-state index in [0.29, 0.717) is 12.1 Å².